The highest BCUT2D eigenvalue weighted by Crippen LogP contribution is 2.24. The molecule has 3 atom stereocenters. The minimum atomic E-state index is -0.325. The van der Waals surface area contributed by atoms with Gasteiger partial charge in [-0.15, -0.1) is 12.4 Å². The summed E-state index contributed by atoms with van der Waals surface area (Å²) in [5.74, 6) is -0.0299. The lowest BCUT2D eigenvalue weighted by Crippen LogP contribution is -2.44. The summed E-state index contributed by atoms with van der Waals surface area (Å²) in [6.45, 7) is 3.89. The standard InChI is InChI=1S/C12H22N2O3.ClH/c1-12(5-2-6-16-12)8-14-11(15)10-4-3-9(7-13)17-10;/h9-10H,2-8,13H2,1H3,(H,14,15);1H/t9-,10+,12?;/m1./s1. The fourth-order valence-electron chi connectivity index (χ4n) is 2.44. The highest BCUT2D eigenvalue weighted by Gasteiger charge is 2.33. The van der Waals surface area contributed by atoms with Gasteiger partial charge in [-0.05, 0) is 32.6 Å². The van der Waals surface area contributed by atoms with E-state index in [4.69, 9.17) is 15.2 Å². The highest BCUT2D eigenvalue weighted by atomic mass is 35.5. The van der Waals surface area contributed by atoms with E-state index in [0.29, 0.717) is 13.1 Å². The molecule has 18 heavy (non-hydrogen) atoms. The second-order valence-corrected chi connectivity index (χ2v) is 5.18. The predicted molar refractivity (Wildman–Crippen MR) is 70.8 cm³/mol. The van der Waals surface area contributed by atoms with Gasteiger partial charge in [0.2, 0.25) is 5.91 Å². The van der Waals surface area contributed by atoms with Crippen molar-refractivity contribution in [2.24, 2.45) is 5.73 Å². The Labute approximate surface area is 114 Å². The average Bonchev–Trinajstić information content (AvgIpc) is 2.95. The molecule has 2 saturated heterocycles. The monoisotopic (exact) mass is 278 g/mol. The second-order valence-electron chi connectivity index (χ2n) is 5.18. The van der Waals surface area contributed by atoms with E-state index in [1.165, 1.54) is 0 Å². The van der Waals surface area contributed by atoms with E-state index >= 15 is 0 Å². The summed E-state index contributed by atoms with van der Waals surface area (Å²) in [7, 11) is 0. The second kappa shape index (κ2) is 6.70. The molecule has 2 rings (SSSR count). The molecule has 0 aromatic carbocycles. The first kappa shape index (κ1) is 15.7. The molecule has 3 N–H and O–H groups in total. The fourth-order valence-corrected chi connectivity index (χ4v) is 2.44. The number of nitrogens with one attached hydrogen (secondary N) is 1. The summed E-state index contributed by atoms with van der Waals surface area (Å²) >= 11 is 0. The molecule has 0 saturated carbocycles. The number of carbonyl (C=O) groups is 1. The Morgan fingerprint density at radius 2 is 2.28 bits per heavy atom. The van der Waals surface area contributed by atoms with Gasteiger partial charge in [0.05, 0.1) is 11.7 Å². The number of ether oxygens (including phenoxy) is 2. The zero-order chi connectivity index (χ0) is 12.3. The van der Waals surface area contributed by atoms with Gasteiger partial charge >= 0.3 is 0 Å². The van der Waals surface area contributed by atoms with E-state index in [1.807, 2.05) is 6.92 Å². The van der Waals surface area contributed by atoms with Crippen molar-refractivity contribution in [3.63, 3.8) is 0 Å². The summed E-state index contributed by atoms with van der Waals surface area (Å²) in [5, 5.41) is 2.92. The van der Waals surface area contributed by atoms with Gasteiger partial charge in [0, 0.05) is 19.7 Å². The third-order valence-electron chi connectivity index (χ3n) is 3.60. The molecular formula is C12H23ClN2O3. The maximum Gasteiger partial charge on any atom is 0.249 e. The molecule has 0 spiro atoms. The molecule has 0 aromatic rings. The van der Waals surface area contributed by atoms with Crippen molar-refractivity contribution in [3.05, 3.63) is 0 Å². The Hall–Kier alpha value is -0.360. The SMILES string of the molecule is CC1(CNC(=O)[C@@H]2CC[C@H](CN)O2)CCCO1.Cl. The lowest BCUT2D eigenvalue weighted by Gasteiger charge is -2.24. The number of rotatable bonds is 4. The molecule has 0 radical (unpaired) electrons. The summed E-state index contributed by atoms with van der Waals surface area (Å²) in [5.41, 5.74) is 5.32. The Morgan fingerprint density at radius 3 is 2.83 bits per heavy atom. The van der Waals surface area contributed by atoms with Crippen molar-refractivity contribution in [2.75, 3.05) is 19.7 Å². The number of nitrogens with two attached hydrogens (primary N) is 1. The van der Waals surface area contributed by atoms with Crippen LogP contribution in [0.1, 0.15) is 32.6 Å². The third-order valence-corrected chi connectivity index (χ3v) is 3.60. The summed E-state index contributed by atoms with van der Waals surface area (Å²) in [6, 6.07) is 0. The van der Waals surface area contributed by atoms with Crippen LogP contribution in [0.2, 0.25) is 0 Å². The van der Waals surface area contributed by atoms with Crippen LogP contribution in [0.3, 0.4) is 0 Å². The summed E-state index contributed by atoms with van der Waals surface area (Å²) < 4.78 is 11.2. The molecule has 6 heteroatoms. The van der Waals surface area contributed by atoms with Gasteiger partial charge in [-0.3, -0.25) is 4.79 Å². The van der Waals surface area contributed by atoms with E-state index in [0.717, 1.165) is 32.3 Å². The molecule has 2 aliphatic rings. The first-order valence-corrected chi connectivity index (χ1v) is 6.40. The average molecular weight is 279 g/mol. The van der Waals surface area contributed by atoms with Crippen LogP contribution in [0.25, 0.3) is 0 Å². The molecule has 1 unspecified atom stereocenters. The number of carbonyl (C=O) groups excluding carboxylic acids is 1. The van der Waals surface area contributed by atoms with Crippen molar-refractivity contribution < 1.29 is 14.3 Å². The number of halogens is 1. The van der Waals surface area contributed by atoms with Gasteiger partial charge in [0.15, 0.2) is 0 Å². The van der Waals surface area contributed by atoms with Crippen LogP contribution in [0.5, 0.6) is 0 Å². The van der Waals surface area contributed by atoms with E-state index in [-0.39, 0.29) is 36.1 Å². The molecule has 2 fully saturated rings. The van der Waals surface area contributed by atoms with Crippen molar-refractivity contribution >= 4 is 18.3 Å². The quantitative estimate of drug-likeness (QED) is 0.790. The van der Waals surface area contributed by atoms with Gasteiger partial charge in [0.1, 0.15) is 6.10 Å². The summed E-state index contributed by atoms with van der Waals surface area (Å²) in [6.07, 6.45) is 3.44. The highest BCUT2D eigenvalue weighted by molar-refractivity contribution is 5.85. The van der Waals surface area contributed by atoms with Gasteiger partial charge in [0.25, 0.3) is 0 Å². The molecule has 0 bridgehead atoms. The van der Waals surface area contributed by atoms with Crippen LogP contribution in [-0.4, -0.2) is 43.4 Å². The topological polar surface area (TPSA) is 73.6 Å². The van der Waals surface area contributed by atoms with E-state index in [1.54, 1.807) is 0 Å². The lowest BCUT2D eigenvalue weighted by molar-refractivity contribution is -0.133. The van der Waals surface area contributed by atoms with Crippen LogP contribution >= 0.6 is 12.4 Å². The van der Waals surface area contributed by atoms with Crippen LogP contribution in [0.15, 0.2) is 0 Å². The lowest BCUT2D eigenvalue weighted by atomic mass is 10.0. The first-order valence-electron chi connectivity index (χ1n) is 6.40. The molecular weight excluding hydrogens is 256 g/mol. The van der Waals surface area contributed by atoms with Gasteiger partial charge in [-0.25, -0.2) is 0 Å². The molecule has 1 amide bonds. The van der Waals surface area contributed by atoms with E-state index < -0.39 is 0 Å². The Bertz CT molecular complexity index is 282. The van der Waals surface area contributed by atoms with Crippen LogP contribution in [0, 0.1) is 0 Å². The number of hydrogen-bond donors (Lipinski definition) is 2. The Morgan fingerprint density at radius 1 is 1.50 bits per heavy atom. The zero-order valence-electron chi connectivity index (χ0n) is 10.8. The maximum absolute atomic E-state index is 11.9. The number of amides is 1. The van der Waals surface area contributed by atoms with Gasteiger partial charge < -0.3 is 20.5 Å². The molecule has 5 nitrogen and oxygen atoms in total. The fraction of sp³-hybridized carbons (Fsp3) is 0.917. The Kier molecular flexibility index (Phi) is 5.85. The van der Waals surface area contributed by atoms with E-state index in [2.05, 4.69) is 5.32 Å². The third kappa shape index (κ3) is 3.82. The molecule has 106 valence electrons. The molecule has 2 heterocycles. The largest absolute Gasteiger partial charge is 0.373 e. The van der Waals surface area contributed by atoms with E-state index in [9.17, 15) is 4.79 Å². The minimum Gasteiger partial charge on any atom is -0.373 e. The molecule has 0 aliphatic carbocycles. The normalized spacial score (nSPS) is 35.2. The van der Waals surface area contributed by atoms with Crippen molar-refractivity contribution in [1.29, 1.82) is 0 Å². The van der Waals surface area contributed by atoms with Crippen molar-refractivity contribution in [1.82, 2.24) is 5.32 Å². The summed E-state index contributed by atoms with van der Waals surface area (Å²) in [4.78, 5) is 11.9. The van der Waals surface area contributed by atoms with Gasteiger partial charge in [-0.2, -0.15) is 0 Å². The Balaban J connectivity index is 0.00000162. The van der Waals surface area contributed by atoms with Gasteiger partial charge in [-0.1, -0.05) is 0 Å². The molecule has 0 aromatic heterocycles. The van der Waals surface area contributed by atoms with Crippen LogP contribution in [0.4, 0.5) is 0 Å². The first-order chi connectivity index (χ1) is 8.13. The van der Waals surface area contributed by atoms with Crippen molar-refractivity contribution in [2.45, 2.75) is 50.4 Å². The smallest absolute Gasteiger partial charge is 0.249 e. The maximum atomic E-state index is 11.9. The minimum absolute atomic E-state index is 0. The number of hydrogen-bond acceptors (Lipinski definition) is 4. The molecule has 2 aliphatic heterocycles. The predicted octanol–water partition coefficient (Wildman–Crippen LogP) is 0.600. The van der Waals surface area contributed by atoms with Crippen LogP contribution in [-0.2, 0) is 14.3 Å². The van der Waals surface area contributed by atoms with Crippen LogP contribution < -0.4 is 11.1 Å². The zero-order valence-corrected chi connectivity index (χ0v) is 11.6. The van der Waals surface area contributed by atoms with Crippen molar-refractivity contribution in [3.8, 4) is 0 Å².